The van der Waals surface area contributed by atoms with E-state index in [2.05, 4.69) is 39.8 Å². The van der Waals surface area contributed by atoms with E-state index >= 15 is 0 Å². The monoisotopic (exact) mass is 169 g/mol. The van der Waals surface area contributed by atoms with Gasteiger partial charge in [-0.2, -0.15) is 0 Å². The molecule has 0 bridgehead atoms. The van der Waals surface area contributed by atoms with Crippen LogP contribution in [0.15, 0.2) is 11.3 Å². The van der Waals surface area contributed by atoms with Crippen molar-refractivity contribution in [3.63, 3.8) is 0 Å². The fraction of sp³-hybridized carbons (Fsp3) is 0.818. The van der Waals surface area contributed by atoms with Crippen molar-refractivity contribution in [2.45, 2.75) is 46.5 Å². The molecule has 0 N–H and O–H groups in total. The van der Waals surface area contributed by atoms with Crippen molar-refractivity contribution >= 4 is 0 Å². The number of rotatable bonds is 5. The minimum absolute atomic E-state index is 1.16. The normalized spacial score (nSPS) is 12.8. The molecule has 0 atom stereocenters. The van der Waals surface area contributed by atoms with E-state index in [1.807, 2.05) is 0 Å². The molecule has 0 unspecified atom stereocenters. The molecule has 72 valence electrons. The van der Waals surface area contributed by atoms with Crippen LogP contribution in [0.3, 0.4) is 0 Å². The van der Waals surface area contributed by atoms with E-state index in [0.717, 1.165) is 6.42 Å². The summed E-state index contributed by atoms with van der Waals surface area (Å²) in [5.74, 6) is 0. The first-order chi connectivity index (χ1) is 5.63. The van der Waals surface area contributed by atoms with Gasteiger partial charge < -0.3 is 4.90 Å². The van der Waals surface area contributed by atoms with E-state index in [0.29, 0.717) is 0 Å². The Morgan fingerprint density at radius 1 is 1.17 bits per heavy atom. The zero-order valence-electron chi connectivity index (χ0n) is 9.28. The molecule has 0 heterocycles. The van der Waals surface area contributed by atoms with E-state index in [1.54, 1.807) is 5.57 Å². The molecule has 0 amide bonds. The van der Waals surface area contributed by atoms with Crippen molar-refractivity contribution < 1.29 is 0 Å². The smallest absolute Gasteiger partial charge is 0.0114 e. The van der Waals surface area contributed by atoms with Gasteiger partial charge in [0.25, 0.3) is 0 Å². The maximum absolute atomic E-state index is 2.26. The summed E-state index contributed by atoms with van der Waals surface area (Å²) in [6.45, 7) is 6.73. The SMILES string of the molecule is CCCC/C(C)=C(\CC)N(C)C. The highest BCUT2D eigenvalue weighted by Gasteiger charge is 2.01. The molecule has 0 saturated carbocycles. The Kier molecular flexibility index (Phi) is 5.87. The molecule has 0 aromatic carbocycles. The minimum Gasteiger partial charge on any atom is -0.381 e. The first-order valence-electron chi connectivity index (χ1n) is 4.99. The Morgan fingerprint density at radius 3 is 2.08 bits per heavy atom. The molecule has 0 spiro atoms. The fourth-order valence-corrected chi connectivity index (χ4v) is 1.59. The number of hydrogen-bond acceptors (Lipinski definition) is 1. The third kappa shape index (κ3) is 3.80. The van der Waals surface area contributed by atoms with Gasteiger partial charge in [0.15, 0.2) is 0 Å². The lowest BCUT2D eigenvalue weighted by Gasteiger charge is -2.19. The Bertz CT molecular complexity index is 145. The van der Waals surface area contributed by atoms with E-state index < -0.39 is 0 Å². The second-order valence-electron chi connectivity index (χ2n) is 3.58. The Balaban J connectivity index is 4.17. The van der Waals surface area contributed by atoms with Crippen molar-refractivity contribution in [1.82, 2.24) is 4.90 Å². The number of nitrogens with zero attached hydrogens (tertiary/aromatic N) is 1. The molecule has 0 aromatic heterocycles. The van der Waals surface area contributed by atoms with Gasteiger partial charge in [-0.15, -0.1) is 0 Å². The summed E-state index contributed by atoms with van der Waals surface area (Å²) in [6, 6.07) is 0. The van der Waals surface area contributed by atoms with Crippen LogP contribution < -0.4 is 0 Å². The molecule has 0 aliphatic rings. The van der Waals surface area contributed by atoms with E-state index in [9.17, 15) is 0 Å². The highest BCUT2D eigenvalue weighted by Crippen LogP contribution is 2.16. The maximum atomic E-state index is 2.26. The summed E-state index contributed by atoms with van der Waals surface area (Å²) >= 11 is 0. The standard InChI is InChI=1S/C11H23N/c1-6-8-9-10(3)11(7-2)12(4)5/h6-9H2,1-5H3/b11-10+. The summed E-state index contributed by atoms with van der Waals surface area (Å²) in [5, 5.41) is 0. The van der Waals surface area contributed by atoms with Crippen LogP contribution in [-0.4, -0.2) is 19.0 Å². The molecule has 12 heavy (non-hydrogen) atoms. The third-order valence-electron chi connectivity index (χ3n) is 2.27. The van der Waals surface area contributed by atoms with Crippen LogP contribution in [0.5, 0.6) is 0 Å². The Morgan fingerprint density at radius 2 is 1.75 bits per heavy atom. The second kappa shape index (κ2) is 6.10. The molecular weight excluding hydrogens is 146 g/mol. The second-order valence-corrected chi connectivity index (χ2v) is 3.58. The molecule has 0 radical (unpaired) electrons. The van der Waals surface area contributed by atoms with Gasteiger partial charge in [-0.05, 0) is 26.2 Å². The maximum Gasteiger partial charge on any atom is 0.0114 e. The van der Waals surface area contributed by atoms with E-state index in [-0.39, 0.29) is 0 Å². The topological polar surface area (TPSA) is 3.24 Å². The van der Waals surface area contributed by atoms with Crippen molar-refractivity contribution in [3.05, 3.63) is 11.3 Å². The van der Waals surface area contributed by atoms with Crippen molar-refractivity contribution in [2.75, 3.05) is 14.1 Å². The Labute approximate surface area is 77.5 Å². The molecule has 0 fully saturated rings. The number of unbranched alkanes of at least 4 members (excludes halogenated alkanes) is 1. The van der Waals surface area contributed by atoms with E-state index in [1.165, 1.54) is 25.0 Å². The van der Waals surface area contributed by atoms with Crippen LogP contribution in [0.2, 0.25) is 0 Å². The van der Waals surface area contributed by atoms with Gasteiger partial charge in [0.1, 0.15) is 0 Å². The van der Waals surface area contributed by atoms with Gasteiger partial charge >= 0.3 is 0 Å². The van der Waals surface area contributed by atoms with Crippen molar-refractivity contribution in [2.24, 2.45) is 0 Å². The molecular formula is C11H23N. The lowest BCUT2D eigenvalue weighted by molar-refractivity contribution is 0.482. The van der Waals surface area contributed by atoms with Gasteiger partial charge in [-0.1, -0.05) is 25.8 Å². The van der Waals surface area contributed by atoms with Gasteiger partial charge in [-0.25, -0.2) is 0 Å². The summed E-state index contributed by atoms with van der Waals surface area (Å²) in [7, 11) is 4.27. The zero-order chi connectivity index (χ0) is 9.56. The lowest BCUT2D eigenvalue weighted by atomic mass is 10.1. The van der Waals surface area contributed by atoms with Crippen LogP contribution in [0.25, 0.3) is 0 Å². The first-order valence-corrected chi connectivity index (χ1v) is 4.99. The molecule has 1 heteroatoms. The molecule has 0 saturated heterocycles. The van der Waals surface area contributed by atoms with Crippen LogP contribution in [0, 0.1) is 0 Å². The fourth-order valence-electron chi connectivity index (χ4n) is 1.59. The van der Waals surface area contributed by atoms with Crippen LogP contribution in [0.1, 0.15) is 46.5 Å². The predicted octanol–water partition coefficient (Wildman–Crippen LogP) is 3.42. The molecule has 1 nitrogen and oxygen atoms in total. The minimum atomic E-state index is 1.16. The van der Waals surface area contributed by atoms with Gasteiger partial charge in [0.2, 0.25) is 0 Å². The average molecular weight is 169 g/mol. The van der Waals surface area contributed by atoms with Crippen molar-refractivity contribution in [3.8, 4) is 0 Å². The Hall–Kier alpha value is -0.460. The van der Waals surface area contributed by atoms with Crippen LogP contribution >= 0.6 is 0 Å². The zero-order valence-corrected chi connectivity index (χ0v) is 9.28. The highest BCUT2D eigenvalue weighted by molar-refractivity contribution is 5.09. The third-order valence-corrected chi connectivity index (χ3v) is 2.27. The molecule has 0 aliphatic heterocycles. The largest absolute Gasteiger partial charge is 0.381 e. The molecule has 0 aromatic rings. The number of allylic oxidation sites excluding steroid dienone is 2. The quantitative estimate of drug-likeness (QED) is 0.609. The van der Waals surface area contributed by atoms with Crippen LogP contribution in [0.4, 0.5) is 0 Å². The summed E-state index contributed by atoms with van der Waals surface area (Å²) in [5.41, 5.74) is 3.06. The van der Waals surface area contributed by atoms with Gasteiger partial charge in [-0.3, -0.25) is 0 Å². The van der Waals surface area contributed by atoms with Crippen LogP contribution in [-0.2, 0) is 0 Å². The lowest BCUT2D eigenvalue weighted by Crippen LogP contribution is -2.12. The summed E-state index contributed by atoms with van der Waals surface area (Å²) in [6.07, 6.45) is 5.03. The average Bonchev–Trinajstić information content (AvgIpc) is 2.01. The van der Waals surface area contributed by atoms with E-state index in [4.69, 9.17) is 0 Å². The first kappa shape index (κ1) is 11.5. The summed E-state index contributed by atoms with van der Waals surface area (Å²) < 4.78 is 0. The summed E-state index contributed by atoms with van der Waals surface area (Å²) in [4.78, 5) is 2.24. The highest BCUT2D eigenvalue weighted by atomic mass is 15.1. The number of hydrogen-bond donors (Lipinski definition) is 0. The van der Waals surface area contributed by atoms with Gasteiger partial charge in [0.05, 0.1) is 0 Å². The van der Waals surface area contributed by atoms with Crippen molar-refractivity contribution in [1.29, 1.82) is 0 Å². The molecule has 0 aliphatic carbocycles. The molecule has 0 rings (SSSR count). The van der Waals surface area contributed by atoms with Gasteiger partial charge in [0, 0.05) is 19.8 Å². The predicted molar refractivity (Wildman–Crippen MR) is 56.2 cm³/mol.